The van der Waals surface area contributed by atoms with Crippen molar-refractivity contribution in [2.45, 2.75) is 19.4 Å². The van der Waals surface area contributed by atoms with Gasteiger partial charge in [0.15, 0.2) is 0 Å². The van der Waals surface area contributed by atoms with Crippen molar-refractivity contribution in [3.63, 3.8) is 0 Å². The van der Waals surface area contributed by atoms with Crippen LogP contribution in [-0.2, 0) is 0 Å². The van der Waals surface area contributed by atoms with Crippen molar-refractivity contribution in [2.75, 3.05) is 40.3 Å². The summed E-state index contributed by atoms with van der Waals surface area (Å²) < 4.78 is 13.9. The average Bonchev–Trinajstić information content (AvgIpc) is 2.40. The minimum absolute atomic E-state index is 0.131. The molecule has 0 heterocycles. The molecule has 0 radical (unpaired) electrons. The Morgan fingerprint density at radius 3 is 2.45 bits per heavy atom. The topological polar surface area (TPSA) is 32.5 Å². The highest BCUT2D eigenvalue weighted by Gasteiger charge is 2.19. The third-order valence-corrected chi connectivity index (χ3v) is 3.95. The number of rotatable bonds is 8. The van der Waals surface area contributed by atoms with Crippen molar-refractivity contribution in [1.29, 1.82) is 0 Å². The van der Waals surface area contributed by atoms with E-state index in [1.54, 1.807) is 0 Å². The van der Waals surface area contributed by atoms with Crippen LogP contribution in [0.15, 0.2) is 22.7 Å². The SMILES string of the molecule is CCCN(CCN(C)C)C(CN)c1ccc(F)c(Br)c1. The minimum Gasteiger partial charge on any atom is -0.329 e. The second-order valence-corrected chi connectivity index (χ2v) is 6.12. The monoisotopic (exact) mass is 345 g/mol. The molecule has 114 valence electrons. The number of nitrogens with zero attached hydrogens (tertiary/aromatic N) is 2. The Labute approximate surface area is 130 Å². The molecule has 0 saturated heterocycles. The van der Waals surface area contributed by atoms with Crippen LogP contribution in [0.1, 0.15) is 24.9 Å². The zero-order valence-corrected chi connectivity index (χ0v) is 14.2. The summed E-state index contributed by atoms with van der Waals surface area (Å²) in [6.07, 6.45) is 1.08. The van der Waals surface area contributed by atoms with Crippen molar-refractivity contribution in [2.24, 2.45) is 5.73 Å². The normalized spacial score (nSPS) is 13.2. The van der Waals surface area contributed by atoms with E-state index >= 15 is 0 Å². The molecule has 0 aliphatic rings. The Kier molecular flexibility index (Phi) is 7.66. The molecule has 0 aromatic heterocycles. The molecule has 0 saturated carbocycles. The lowest BCUT2D eigenvalue weighted by Crippen LogP contribution is -2.38. The molecule has 1 atom stereocenters. The number of likely N-dealkylation sites (N-methyl/N-ethyl adjacent to an activating group) is 1. The van der Waals surface area contributed by atoms with E-state index in [2.05, 4.69) is 46.7 Å². The molecule has 5 heteroatoms. The minimum atomic E-state index is -0.236. The molecular formula is C15H25BrFN3. The lowest BCUT2D eigenvalue weighted by Gasteiger charge is -2.32. The van der Waals surface area contributed by atoms with Gasteiger partial charge in [0.2, 0.25) is 0 Å². The van der Waals surface area contributed by atoms with Crippen molar-refractivity contribution in [3.8, 4) is 0 Å². The van der Waals surface area contributed by atoms with Crippen LogP contribution in [0.25, 0.3) is 0 Å². The molecule has 0 spiro atoms. The summed E-state index contributed by atoms with van der Waals surface area (Å²) in [5.41, 5.74) is 7.03. The van der Waals surface area contributed by atoms with E-state index in [0.29, 0.717) is 11.0 Å². The maximum absolute atomic E-state index is 13.4. The van der Waals surface area contributed by atoms with Gasteiger partial charge in [-0.2, -0.15) is 0 Å². The number of benzene rings is 1. The number of nitrogens with two attached hydrogens (primary N) is 1. The van der Waals surface area contributed by atoms with Crippen molar-refractivity contribution in [3.05, 3.63) is 34.1 Å². The van der Waals surface area contributed by atoms with Crippen molar-refractivity contribution < 1.29 is 4.39 Å². The molecule has 0 bridgehead atoms. The van der Waals surface area contributed by atoms with Gasteiger partial charge in [0.05, 0.1) is 4.47 Å². The molecule has 0 amide bonds. The Morgan fingerprint density at radius 1 is 1.25 bits per heavy atom. The summed E-state index contributed by atoms with van der Waals surface area (Å²) in [4.78, 5) is 4.54. The largest absolute Gasteiger partial charge is 0.329 e. The van der Waals surface area contributed by atoms with E-state index in [0.717, 1.165) is 31.6 Å². The van der Waals surface area contributed by atoms with Crippen molar-refractivity contribution >= 4 is 15.9 Å². The first-order valence-corrected chi connectivity index (χ1v) is 7.82. The summed E-state index contributed by atoms with van der Waals surface area (Å²) >= 11 is 3.25. The van der Waals surface area contributed by atoms with Gasteiger partial charge >= 0.3 is 0 Å². The van der Waals surface area contributed by atoms with Gasteiger partial charge in [-0.15, -0.1) is 0 Å². The van der Waals surface area contributed by atoms with Gasteiger partial charge in [-0.25, -0.2) is 4.39 Å². The standard InChI is InChI=1S/C15H25BrFN3/c1-4-7-20(9-8-19(2)3)15(11-18)12-5-6-14(17)13(16)10-12/h5-6,10,15H,4,7-9,11,18H2,1-3H3. The fourth-order valence-corrected chi connectivity index (χ4v) is 2.65. The number of hydrogen-bond donors (Lipinski definition) is 1. The molecule has 0 fully saturated rings. The Balaban J connectivity index is 2.90. The smallest absolute Gasteiger partial charge is 0.137 e. The number of hydrogen-bond acceptors (Lipinski definition) is 3. The van der Waals surface area contributed by atoms with Gasteiger partial charge in [0, 0.05) is 25.7 Å². The van der Waals surface area contributed by atoms with E-state index < -0.39 is 0 Å². The van der Waals surface area contributed by atoms with Crippen molar-refractivity contribution in [1.82, 2.24) is 9.80 Å². The van der Waals surface area contributed by atoms with E-state index in [9.17, 15) is 4.39 Å². The van der Waals surface area contributed by atoms with Crippen LogP contribution in [0.2, 0.25) is 0 Å². The molecule has 1 unspecified atom stereocenters. The molecular weight excluding hydrogens is 321 g/mol. The molecule has 20 heavy (non-hydrogen) atoms. The van der Waals surface area contributed by atoms with Crippen LogP contribution in [0.4, 0.5) is 4.39 Å². The summed E-state index contributed by atoms with van der Waals surface area (Å²) in [5.74, 6) is -0.236. The summed E-state index contributed by atoms with van der Waals surface area (Å²) in [6.45, 7) is 5.63. The quantitative estimate of drug-likeness (QED) is 0.786. The molecule has 1 rings (SSSR count). The van der Waals surface area contributed by atoms with Gasteiger partial charge < -0.3 is 10.6 Å². The van der Waals surface area contributed by atoms with E-state index in [1.165, 1.54) is 6.07 Å². The first kappa shape index (κ1) is 17.6. The van der Waals surface area contributed by atoms with Crippen LogP contribution >= 0.6 is 15.9 Å². The van der Waals surface area contributed by atoms with E-state index in [4.69, 9.17) is 5.73 Å². The second kappa shape index (κ2) is 8.72. The fourth-order valence-electron chi connectivity index (χ4n) is 2.25. The van der Waals surface area contributed by atoms with Crippen LogP contribution in [-0.4, -0.2) is 50.1 Å². The lowest BCUT2D eigenvalue weighted by atomic mass is 10.0. The van der Waals surface area contributed by atoms with E-state index in [1.807, 2.05) is 12.1 Å². The maximum Gasteiger partial charge on any atom is 0.137 e. The molecule has 0 aliphatic heterocycles. The highest BCUT2D eigenvalue weighted by Crippen LogP contribution is 2.25. The highest BCUT2D eigenvalue weighted by molar-refractivity contribution is 9.10. The van der Waals surface area contributed by atoms with Gasteiger partial charge in [0.25, 0.3) is 0 Å². The summed E-state index contributed by atoms with van der Waals surface area (Å²) in [6, 6.07) is 5.30. The van der Waals surface area contributed by atoms with Gasteiger partial charge in [0.1, 0.15) is 5.82 Å². The third-order valence-electron chi connectivity index (χ3n) is 3.34. The third kappa shape index (κ3) is 5.13. The molecule has 0 aliphatic carbocycles. The summed E-state index contributed by atoms with van der Waals surface area (Å²) in [7, 11) is 4.13. The van der Waals surface area contributed by atoms with E-state index in [-0.39, 0.29) is 11.9 Å². The predicted molar refractivity (Wildman–Crippen MR) is 86.3 cm³/mol. The first-order chi connectivity index (χ1) is 9.49. The average molecular weight is 346 g/mol. The van der Waals surface area contributed by atoms with Gasteiger partial charge in [-0.3, -0.25) is 4.90 Å². The molecule has 1 aromatic rings. The maximum atomic E-state index is 13.4. The van der Waals surface area contributed by atoms with Gasteiger partial charge in [-0.05, 0) is 60.7 Å². The fraction of sp³-hybridized carbons (Fsp3) is 0.600. The Hall–Kier alpha value is -0.490. The lowest BCUT2D eigenvalue weighted by molar-refractivity contribution is 0.182. The second-order valence-electron chi connectivity index (χ2n) is 5.26. The Morgan fingerprint density at radius 2 is 1.95 bits per heavy atom. The zero-order valence-electron chi connectivity index (χ0n) is 12.6. The van der Waals surface area contributed by atoms with Crippen LogP contribution in [0.3, 0.4) is 0 Å². The molecule has 3 nitrogen and oxygen atoms in total. The zero-order chi connectivity index (χ0) is 15.1. The van der Waals surface area contributed by atoms with Crippen LogP contribution in [0, 0.1) is 5.82 Å². The number of halogens is 2. The summed E-state index contributed by atoms with van der Waals surface area (Å²) in [5, 5.41) is 0. The molecule has 1 aromatic carbocycles. The first-order valence-electron chi connectivity index (χ1n) is 7.03. The molecule has 2 N–H and O–H groups in total. The predicted octanol–water partition coefficient (Wildman–Crippen LogP) is 2.86. The van der Waals surface area contributed by atoms with Crippen LogP contribution in [0.5, 0.6) is 0 Å². The van der Waals surface area contributed by atoms with Crippen LogP contribution < -0.4 is 5.73 Å². The Bertz CT molecular complexity index is 412. The van der Waals surface area contributed by atoms with Gasteiger partial charge in [-0.1, -0.05) is 13.0 Å². The highest BCUT2D eigenvalue weighted by atomic mass is 79.9.